The Kier molecular flexibility index (Phi) is 5.46. The highest BCUT2D eigenvalue weighted by molar-refractivity contribution is 7.91. The molecule has 0 saturated carbocycles. The minimum absolute atomic E-state index is 0.0551. The summed E-state index contributed by atoms with van der Waals surface area (Å²) in [6.45, 7) is 1.96. The van der Waals surface area contributed by atoms with Crippen molar-refractivity contribution in [3.05, 3.63) is 66.0 Å². The Morgan fingerprint density at radius 1 is 0.964 bits per heavy atom. The summed E-state index contributed by atoms with van der Waals surface area (Å²) in [5, 5.41) is 0. The molecule has 2 aliphatic heterocycles. The van der Waals surface area contributed by atoms with Crippen LogP contribution >= 0.6 is 0 Å². The fourth-order valence-corrected chi connectivity index (χ4v) is 6.30. The second-order valence-corrected chi connectivity index (χ2v) is 9.76. The smallest absolute Gasteiger partial charge is 0.223 e. The second kappa shape index (κ2) is 8.01. The Labute approximate surface area is 166 Å². The molecule has 2 aliphatic rings. The van der Waals surface area contributed by atoms with Crippen LogP contribution in [0.3, 0.4) is 0 Å². The van der Waals surface area contributed by atoms with E-state index in [9.17, 15) is 13.2 Å². The molecule has 0 N–H and O–H groups in total. The average Bonchev–Trinajstić information content (AvgIpc) is 3.03. The number of carbonyl (C=O) groups excluding carboxylic acids is 1. The average molecular weight is 400 g/mol. The van der Waals surface area contributed by atoms with Gasteiger partial charge in [-0.05, 0) is 29.7 Å². The number of aromatic nitrogens is 1. The molecule has 2 fully saturated rings. The van der Waals surface area contributed by atoms with Crippen molar-refractivity contribution >= 4 is 15.7 Å². The van der Waals surface area contributed by atoms with Crippen molar-refractivity contribution < 1.29 is 13.2 Å². The highest BCUT2D eigenvalue weighted by Crippen LogP contribution is 2.28. The lowest BCUT2D eigenvalue weighted by Gasteiger charge is -2.44. The number of carbonyl (C=O) groups is 1. The number of hydrogen-bond acceptors (Lipinski definition) is 5. The van der Waals surface area contributed by atoms with E-state index in [4.69, 9.17) is 0 Å². The standard InChI is InChI=1S/C21H25N3O3S/c25-21(7-6-17-4-2-1-3-5-17)24-13-12-23(14-18-8-10-22-11-9-18)19-15-28(26,27)16-20(19)24/h1-5,8-11,19-20H,6-7,12-16H2/t19-,20+/m1/s1. The molecule has 2 aromatic rings. The maximum Gasteiger partial charge on any atom is 0.223 e. The molecule has 0 spiro atoms. The van der Waals surface area contributed by atoms with E-state index in [0.29, 0.717) is 32.5 Å². The zero-order valence-electron chi connectivity index (χ0n) is 15.8. The van der Waals surface area contributed by atoms with Crippen LogP contribution < -0.4 is 0 Å². The van der Waals surface area contributed by atoms with Crippen LogP contribution in [0.25, 0.3) is 0 Å². The van der Waals surface area contributed by atoms with Gasteiger partial charge in [0.2, 0.25) is 5.91 Å². The summed E-state index contributed by atoms with van der Waals surface area (Å²) < 4.78 is 24.7. The van der Waals surface area contributed by atoms with Crippen LogP contribution in [0.2, 0.25) is 0 Å². The molecule has 148 valence electrons. The fraction of sp³-hybridized carbons (Fsp3) is 0.429. The van der Waals surface area contributed by atoms with Crippen LogP contribution in [0.4, 0.5) is 0 Å². The number of hydrogen-bond donors (Lipinski definition) is 0. The second-order valence-electron chi connectivity index (χ2n) is 7.61. The minimum atomic E-state index is -3.14. The van der Waals surface area contributed by atoms with Crippen molar-refractivity contribution in [3.8, 4) is 0 Å². The molecule has 0 bridgehead atoms. The lowest BCUT2D eigenvalue weighted by Crippen LogP contribution is -2.60. The number of nitrogens with zero attached hydrogens (tertiary/aromatic N) is 3. The molecule has 28 heavy (non-hydrogen) atoms. The SMILES string of the molecule is O=C(CCc1ccccc1)N1CCN(Cc2ccncc2)[C@@H]2CS(=O)(=O)C[C@@H]21. The quantitative estimate of drug-likeness (QED) is 0.763. The molecular formula is C21H25N3O3S. The zero-order valence-corrected chi connectivity index (χ0v) is 16.6. The maximum absolute atomic E-state index is 12.9. The van der Waals surface area contributed by atoms with Crippen molar-refractivity contribution in [2.24, 2.45) is 0 Å². The van der Waals surface area contributed by atoms with Crippen LogP contribution in [0.5, 0.6) is 0 Å². The van der Waals surface area contributed by atoms with Crippen molar-refractivity contribution in [1.29, 1.82) is 0 Å². The number of amides is 1. The Morgan fingerprint density at radius 2 is 1.68 bits per heavy atom. The summed E-state index contributed by atoms with van der Waals surface area (Å²) in [7, 11) is -3.14. The largest absolute Gasteiger partial charge is 0.336 e. The van der Waals surface area contributed by atoms with Crippen molar-refractivity contribution in [3.63, 3.8) is 0 Å². The molecule has 6 nitrogen and oxygen atoms in total. The highest BCUT2D eigenvalue weighted by Gasteiger charge is 2.47. The number of fused-ring (bicyclic) bond motifs is 1. The van der Waals surface area contributed by atoms with Crippen molar-refractivity contribution in [2.75, 3.05) is 24.6 Å². The summed E-state index contributed by atoms with van der Waals surface area (Å²) in [6.07, 6.45) is 4.60. The van der Waals surface area contributed by atoms with Crippen molar-refractivity contribution in [1.82, 2.24) is 14.8 Å². The topological polar surface area (TPSA) is 70.6 Å². The van der Waals surface area contributed by atoms with Gasteiger partial charge in [0, 0.05) is 44.5 Å². The number of sulfone groups is 1. The Morgan fingerprint density at radius 3 is 2.43 bits per heavy atom. The molecule has 0 aliphatic carbocycles. The van der Waals surface area contributed by atoms with E-state index < -0.39 is 9.84 Å². The van der Waals surface area contributed by atoms with Crippen LogP contribution in [0, 0.1) is 0 Å². The molecular weight excluding hydrogens is 374 g/mol. The van der Waals surface area contributed by atoms with Crippen LogP contribution in [-0.2, 0) is 27.6 Å². The van der Waals surface area contributed by atoms with Gasteiger partial charge in [0.25, 0.3) is 0 Å². The number of piperazine rings is 1. The molecule has 3 heterocycles. The lowest BCUT2D eigenvalue weighted by atomic mass is 10.0. The highest BCUT2D eigenvalue weighted by atomic mass is 32.2. The normalized spacial score (nSPS) is 24.1. The third-order valence-corrected chi connectivity index (χ3v) is 7.42. The molecule has 0 radical (unpaired) electrons. The summed E-state index contributed by atoms with van der Waals surface area (Å²) in [4.78, 5) is 21.0. The van der Waals surface area contributed by atoms with Gasteiger partial charge in [-0.25, -0.2) is 8.42 Å². The van der Waals surface area contributed by atoms with Gasteiger partial charge in [-0.3, -0.25) is 14.7 Å². The van der Waals surface area contributed by atoms with Gasteiger partial charge in [0.05, 0.1) is 17.5 Å². The molecule has 4 rings (SSSR count). The van der Waals surface area contributed by atoms with Crippen LogP contribution in [0.1, 0.15) is 17.5 Å². The van der Waals surface area contributed by atoms with Gasteiger partial charge in [-0.2, -0.15) is 0 Å². The molecule has 1 aromatic carbocycles. The van der Waals surface area contributed by atoms with Crippen LogP contribution in [0.15, 0.2) is 54.9 Å². The molecule has 1 amide bonds. The molecule has 0 unspecified atom stereocenters. The van der Waals surface area contributed by atoms with Gasteiger partial charge in [0.15, 0.2) is 9.84 Å². The fourth-order valence-electron chi connectivity index (χ4n) is 4.29. The number of aryl methyl sites for hydroxylation is 1. The Balaban J connectivity index is 1.46. The van der Waals surface area contributed by atoms with Gasteiger partial charge in [-0.15, -0.1) is 0 Å². The summed E-state index contributed by atoms with van der Waals surface area (Å²) in [5.74, 6) is 0.256. The Bertz CT molecular complexity index is 918. The summed E-state index contributed by atoms with van der Waals surface area (Å²) in [6, 6.07) is 13.5. The molecule has 2 saturated heterocycles. The van der Waals surface area contributed by atoms with Gasteiger partial charge >= 0.3 is 0 Å². The first-order valence-corrected chi connectivity index (χ1v) is 11.5. The van der Waals surface area contributed by atoms with E-state index in [0.717, 1.165) is 11.1 Å². The van der Waals surface area contributed by atoms with E-state index in [1.54, 1.807) is 12.4 Å². The summed E-state index contributed by atoms with van der Waals surface area (Å²) in [5.41, 5.74) is 2.24. The first-order chi connectivity index (χ1) is 13.5. The predicted octanol–water partition coefficient (Wildman–Crippen LogP) is 1.52. The van der Waals surface area contributed by atoms with Gasteiger partial charge in [0.1, 0.15) is 0 Å². The minimum Gasteiger partial charge on any atom is -0.336 e. The Hall–Kier alpha value is -2.25. The molecule has 7 heteroatoms. The van der Waals surface area contributed by atoms with E-state index in [2.05, 4.69) is 9.88 Å². The predicted molar refractivity (Wildman–Crippen MR) is 107 cm³/mol. The zero-order chi connectivity index (χ0) is 19.6. The van der Waals surface area contributed by atoms with Gasteiger partial charge in [-0.1, -0.05) is 30.3 Å². The summed E-state index contributed by atoms with van der Waals surface area (Å²) >= 11 is 0. The van der Waals surface area contributed by atoms with Gasteiger partial charge < -0.3 is 4.90 Å². The monoisotopic (exact) mass is 399 g/mol. The lowest BCUT2D eigenvalue weighted by molar-refractivity contribution is -0.137. The number of pyridine rings is 1. The van der Waals surface area contributed by atoms with E-state index in [-0.39, 0.29) is 29.5 Å². The van der Waals surface area contributed by atoms with E-state index in [1.165, 1.54) is 0 Å². The molecule has 1 aromatic heterocycles. The third-order valence-electron chi connectivity index (χ3n) is 5.72. The number of benzene rings is 1. The van der Waals surface area contributed by atoms with E-state index >= 15 is 0 Å². The third kappa shape index (κ3) is 4.25. The maximum atomic E-state index is 12.9. The first kappa shape index (κ1) is 19.1. The van der Waals surface area contributed by atoms with Crippen molar-refractivity contribution in [2.45, 2.75) is 31.5 Å². The molecule has 2 atom stereocenters. The van der Waals surface area contributed by atoms with Crippen LogP contribution in [-0.4, -0.2) is 65.8 Å². The first-order valence-electron chi connectivity index (χ1n) is 9.69. The van der Waals surface area contributed by atoms with E-state index in [1.807, 2.05) is 47.4 Å². The number of rotatable bonds is 5.